The number of rotatable bonds is 5. The lowest BCUT2D eigenvalue weighted by Crippen LogP contribution is -2.24. The third-order valence-corrected chi connectivity index (χ3v) is 5.09. The minimum Gasteiger partial charge on any atom is -0.348 e. The third-order valence-electron chi connectivity index (χ3n) is 5.09. The van der Waals surface area contributed by atoms with Crippen LogP contribution in [0.3, 0.4) is 0 Å². The van der Waals surface area contributed by atoms with Crippen LogP contribution in [0.25, 0.3) is 5.69 Å². The van der Waals surface area contributed by atoms with E-state index in [4.69, 9.17) is 0 Å². The number of nitrogens with one attached hydrogen (secondary N) is 1. The highest BCUT2D eigenvalue weighted by Crippen LogP contribution is 2.23. The Labute approximate surface area is 172 Å². The first-order valence-corrected chi connectivity index (χ1v) is 9.63. The Balaban J connectivity index is 1.74. The average Bonchev–Trinajstić information content (AvgIpc) is 3.00. The van der Waals surface area contributed by atoms with Crippen LogP contribution in [0.15, 0.2) is 54.6 Å². The van der Waals surface area contributed by atoms with Gasteiger partial charge in [-0.15, -0.1) is 0 Å². The lowest BCUT2D eigenvalue weighted by atomic mass is 10.1. The maximum absolute atomic E-state index is 12.8. The van der Waals surface area contributed by atoms with Crippen molar-refractivity contribution >= 4 is 11.8 Å². The summed E-state index contributed by atoms with van der Waals surface area (Å²) in [7, 11) is 3.45. The van der Waals surface area contributed by atoms with E-state index in [9.17, 15) is 9.59 Å². The van der Waals surface area contributed by atoms with Gasteiger partial charge < -0.3 is 14.8 Å². The predicted molar refractivity (Wildman–Crippen MR) is 116 cm³/mol. The Morgan fingerprint density at radius 2 is 1.62 bits per heavy atom. The van der Waals surface area contributed by atoms with Crippen LogP contribution in [0, 0.1) is 20.8 Å². The molecule has 2 amide bonds. The molecule has 29 heavy (non-hydrogen) atoms. The number of nitrogens with zero attached hydrogens (tertiary/aromatic N) is 2. The Morgan fingerprint density at radius 1 is 0.966 bits per heavy atom. The minimum absolute atomic E-state index is 0.0377. The fraction of sp³-hybridized carbons (Fsp3) is 0.250. The SMILES string of the molecule is Cc1ccccc1-n1c(C)cc(C(=O)NCc2ccc(C(=O)N(C)C)cc2)c1C. The van der Waals surface area contributed by atoms with Crippen molar-refractivity contribution in [2.75, 3.05) is 14.1 Å². The molecule has 3 rings (SSSR count). The van der Waals surface area contributed by atoms with E-state index >= 15 is 0 Å². The Kier molecular flexibility index (Phi) is 5.87. The van der Waals surface area contributed by atoms with Gasteiger partial charge in [0.15, 0.2) is 0 Å². The van der Waals surface area contributed by atoms with Crippen LogP contribution in [0.5, 0.6) is 0 Å². The second-order valence-electron chi connectivity index (χ2n) is 7.49. The monoisotopic (exact) mass is 389 g/mol. The van der Waals surface area contributed by atoms with E-state index < -0.39 is 0 Å². The summed E-state index contributed by atoms with van der Waals surface area (Å²) in [5.74, 6) is -0.143. The minimum atomic E-state index is -0.105. The molecule has 0 saturated heterocycles. The summed E-state index contributed by atoms with van der Waals surface area (Å²) in [4.78, 5) is 26.3. The van der Waals surface area contributed by atoms with E-state index in [0.717, 1.165) is 28.2 Å². The number of hydrogen-bond acceptors (Lipinski definition) is 2. The molecule has 0 radical (unpaired) electrons. The van der Waals surface area contributed by atoms with Gasteiger partial charge in [-0.1, -0.05) is 30.3 Å². The maximum atomic E-state index is 12.8. The van der Waals surface area contributed by atoms with Crippen LogP contribution >= 0.6 is 0 Å². The Morgan fingerprint density at radius 3 is 2.24 bits per heavy atom. The molecule has 150 valence electrons. The van der Waals surface area contributed by atoms with Gasteiger partial charge in [0.25, 0.3) is 11.8 Å². The number of aryl methyl sites for hydroxylation is 2. The molecular formula is C24H27N3O2. The van der Waals surface area contributed by atoms with Crippen LogP contribution in [0.4, 0.5) is 0 Å². The zero-order chi connectivity index (χ0) is 21.1. The number of benzene rings is 2. The second-order valence-corrected chi connectivity index (χ2v) is 7.49. The molecule has 0 fully saturated rings. The van der Waals surface area contributed by atoms with Gasteiger partial charge in [0, 0.05) is 43.3 Å². The van der Waals surface area contributed by atoms with Gasteiger partial charge in [0.05, 0.1) is 5.56 Å². The van der Waals surface area contributed by atoms with Gasteiger partial charge in [-0.05, 0) is 56.2 Å². The normalized spacial score (nSPS) is 10.7. The molecular weight excluding hydrogens is 362 g/mol. The van der Waals surface area contributed by atoms with E-state index in [0.29, 0.717) is 17.7 Å². The second kappa shape index (κ2) is 8.35. The third kappa shape index (κ3) is 4.24. The van der Waals surface area contributed by atoms with E-state index in [2.05, 4.69) is 28.9 Å². The van der Waals surface area contributed by atoms with Crippen molar-refractivity contribution in [1.29, 1.82) is 0 Å². The van der Waals surface area contributed by atoms with Crippen molar-refractivity contribution in [3.05, 3.63) is 88.2 Å². The lowest BCUT2D eigenvalue weighted by molar-refractivity contribution is 0.0827. The summed E-state index contributed by atoms with van der Waals surface area (Å²) in [6.07, 6.45) is 0. The quantitative estimate of drug-likeness (QED) is 0.716. The molecule has 3 aromatic rings. The fourth-order valence-corrected chi connectivity index (χ4v) is 3.48. The molecule has 1 N–H and O–H groups in total. The molecule has 5 nitrogen and oxygen atoms in total. The maximum Gasteiger partial charge on any atom is 0.253 e. The molecule has 0 atom stereocenters. The van der Waals surface area contributed by atoms with E-state index in [1.165, 1.54) is 0 Å². The van der Waals surface area contributed by atoms with E-state index in [1.54, 1.807) is 31.1 Å². The van der Waals surface area contributed by atoms with E-state index in [1.807, 2.05) is 44.2 Å². The highest BCUT2D eigenvalue weighted by atomic mass is 16.2. The molecule has 0 spiro atoms. The molecule has 0 saturated carbocycles. The average molecular weight is 389 g/mol. The number of carbonyl (C=O) groups excluding carboxylic acids is 2. The summed E-state index contributed by atoms with van der Waals surface area (Å²) < 4.78 is 2.12. The number of para-hydroxylation sites is 1. The van der Waals surface area contributed by atoms with Crippen LogP contribution in [0.1, 0.15) is 43.2 Å². The molecule has 1 aromatic heterocycles. The summed E-state index contributed by atoms with van der Waals surface area (Å²) in [5, 5.41) is 2.99. The smallest absolute Gasteiger partial charge is 0.253 e. The first-order chi connectivity index (χ1) is 13.8. The van der Waals surface area contributed by atoms with Crippen LogP contribution in [0.2, 0.25) is 0 Å². The Hall–Kier alpha value is -3.34. The fourth-order valence-electron chi connectivity index (χ4n) is 3.48. The van der Waals surface area contributed by atoms with Crippen LogP contribution in [-0.4, -0.2) is 35.4 Å². The van der Waals surface area contributed by atoms with Crippen LogP contribution < -0.4 is 5.32 Å². The Bertz CT molecular complexity index is 1050. The molecule has 0 aliphatic heterocycles. The van der Waals surface area contributed by atoms with Gasteiger partial charge in [0.2, 0.25) is 0 Å². The molecule has 2 aromatic carbocycles. The van der Waals surface area contributed by atoms with Gasteiger partial charge in [-0.3, -0.25) is 9.59 Å². The van der Waals surface area contributed by atoms with Crippen molar-refractivity contribution in [2.45, 2.75) is 27.3 Å². The summed E-state index contributed by atoms with van der Waals surface area (Å²) in [6, 6.07) is 17.4. The highest BCUT2D eigenvalue weighted by Gasteiger charge is 2.17. The first kappa shape index (κ1) is 20.4. The number of amides is 2. The van der Waals surface area contributed by atoms with E-state index in [-0.39, 0.29) is 11.8 Å². The van der Waals surface area contributed by atoms with Crippen molar-refractivity contribution < 1.29 is 9.59 Å². The number of aromatic nitrogens is 1. The molecule has 5 heteroatoms. The van der Waals surface area contributed by atoms with Gasteiger partial charge in [-0.25, -0.2) is 0 Å². The number of carbonyl (C=O) groups is 2. The molecule has 0 bridgehead atoms. The van der Waals surface area contributed by atoms with Gasteiger partial charge in [0.1, 0.15) is 0 Å². The molecule has 1 heterocycles. The lowest BCUT2D eigenvalue weighted by Gasteiger charge is -2.13. The molecule has 0 unspecified atom stereocenters. The van der Waals surface area contributed by atoms with Crippen molar-refractivity contribution in [3.8, 4) is 5.69 Å². The molecule has 0 aliphatic rings. The highest BCUT2D eigenvalue weighted by molar-refractivity contribution is 5.96. The number of hydrogen-bond donors (Lipinski definition) is 1. The standard InChI is InChI=1S/C24H27N3O2/c1-16-8-6-7-9-22(16)27-17(2)14-21(18(27)3)23(28)25-15-19-10-12-20(13-11-19)24(29)26(4)5/h6-14H,15H2,1-5H3,(H,25,28). The zero-order valence-corrected chi connectivity index (χ0v) is 17.6. The summed E-state index contributed by atoms with van der Waals surface area (Å²) in [6.45, 7) is 6.45. The van der Waals surface area contributed by atoms with Crippen molar-refractivity contribution in [1.82, 2.24) is 14.8 Å². The van der Waals surface area contributed by atoms with Crippen molar-refractivity contribution in [3.63, 3.8) is 0 Å². The summed E-state index contributed by atoms with van der Waals surface area (Å²) in [5.41, 5.74) is 6.43. The van der Waals surface area contributed by atoms with Crippen molar-refractivity contribution in [2.24, 2.45) is 0 Å². The topological polar surface area (TPSA) is 54.3 Å². The van der Waals surface area contributed by atoms with Crippen LogP contribution in [-0.2, 0) is 6.54 Å². The van der Waals surface area contributed by atoms with Gasteiger partial charge in [-0.2, -0.15) is 0 Å². The van der Waals surface area contributed by atoms with Gasteiger partial charge >= 0.3 is 0 Å². The summed E-state index contributed by atoms with van der Waals surface area (Å²) >= 11 is 0. The predicted octanol–water partition coefficient (Wildman–Crippen LogP) is 4.03. The largest absolute Gasteiger partial charge is 0.348 e. The first-order valence-electron chi connectivity index (χ1n) is 9.63. The molecule has 0 aliphatic carbocycles. The zero-order valence-electron chi connectivity index (χ0n) is 17.6.